The van der Waals surface area contributed by atoms with Gasteiger partial charge in [0.25, 0.3) is 0 Å². The van der Waals surface area contributed by atoms with Gasteiger partial charge in [-0.1, -0.05) is 74.7 Å². The van der Waals surface area contributed by atoms with Gasteiger partial charge < -0.3 is 5.21 Å². The number of aromatic nitrogens is 1. The van der Waals surface area contributed by atoms with Crippen molar-refractivity contribution in [2.24, 2.45) is 0 Å². The molecular formula is C21H25NOS. The van der Waals surface area contributed by atoms with Crippen LogP contribution < -0.4 is 0 Å². The summed E-state index contributed by atoms with van der Waals surface area (Å²) in [5.41, 5.74) is 4.12. The Kier molecular flexibility index (Phi) is 5.86. The topological polar surface area (TPSA) is 25.2 Å². The van der Waals surface area contributed by atoms with E-state index in [9.17, 15) is 5.21 Å². The Bertz CT molecular complexity index is 779. The fourth-order valence-corrected chi connectivity index (χ4v) is 4.18. The molecular weight excluding hydrogens is 314 g/mol. The van der Waals surface area contributed by atoms with E-state index in [0.29, 0.717) is 0 Å². The summed E-state index contributed by atoms with van der Waals surface area (Å²) in [4.78, 5) is 0. The minimum Gasteiger partial charge on any atom is -0.428 e. The molecule has 2 nitrogen and oxygen atoms in total. The zero-order valence-electron chi connectivity index (χ0n) is 14.2. The first kappa shape index (κ1) is 17.0. The number of hydrogen-bond acceptors (Lipinski definition) is 2. The summed E-state index contributed by atoms with van der Waals surface area (Å²) in [6.45, 7) is 2.25. The Morgan fingerprint density at radius 3 is 2.46 bits per heavy atom. The minimum atomic E-state index is 0.887. The molecule has 0 spiro atoms. The largest absolute Gasteiger partial charge is 0.428 e. The first-order chi connectivity index (χ1) is 11.8. The van der Waals surface area contributed by atoms with Crippen LogP contribution in [0.15, 0.2) is 54.6 Å². The van der Waals surface area contributed by atoms with Gasteiger partial charge in [-0.15, -0.1) is 0 Å². The van der Waals surface area contributed by atoms with Crippen molar-refractivity contribution in [2.45, 2.75) is 38.4 Å². The molecule has 1 N–H and O–H groups in total. The number of unbranched alkanes of at least 4 members (excludes halogenated alkanes) is 3. The SMILES string of the molecule is CCCCCCSCc1c(-c2ccccc2)n(O)c2ccccc12. The van der Waals surface area contributed by atoms with Crippen molar-refractivity contribution < 1.29 is 5.21 Å². The third-order valence-corrected chi connectivity index (χ3v) is 5.46. The Morgan fingerprint density at radius 2 is 1.67 bits per heavy atom. The summed E-state index contributed by atoms with van der Waals surface area (Å²) < 4.78 is 1.36. The second kappa shape index (κ2) is 8.29. The van der Waals surface area contributed by atoms with Crippen LogP contribution in [0.4, 0.5) is 0 Å². The number of benzene rings is 2. The summed E-state index contributed by atoms with van der Waals surface area (Å²) in [5, 5.41) is 11.9. The highest BCUT2D eigenvalue weighted by molar-refractivity contribution is 7.98. The number of rotatable bonds is 8. The molecule has 0 bridgehead atoms. The van der Waals surface area contributed by atoms with E-state index in [1.54, 1.807) is 0 Å². The molecule has 3 rings (SSSR count). The van der Waals surface area contributed by atoms with Gasteiger partial charge in [0.05, 0.1) is 11.2 Å². The molecule has 2 aromatic carbocycles. The summed E-state index contributed by atoms with van der Waals surface area (Å²) in [5.74, 6) is 2.11. The van der Waals surface area contributed by atoms with Gasteiger partial charge in [0.2, 0.25) is 0 Å². The van der Waals surface area contributed by atoms with E-state index in [1.165, 1.54) is 41.7 Å². The highest BCUT2D eigenvalue weighted by Gasteiger charge is 2.17. The van der Waals surface area contributed by atoms with Crippen molar-refractivity contribution in [1.82, 2.24) is 4.73 Å². The van der Waals surface area contributed by atoms with Gasteiger partial charge in [-0.2, -0.15) is 16.5 Å². The fraction of sp³-hybridized carbons (Fsp3) is 0.333. The molecule has 0 unspecified atom stereocenters. The smallest absolute Gasteiger partial charge is 0.0919 e. The van der Waals surface area contributed by atoms with E-state index in [0.717, 1.165) is 27.9 Å². The number of nitrogens with zero attached hydrogens (tertiary/aromatic N) is 1. The Morgan fingerprint density at radius 1 is 0.917 bits per heavy atom. The van der Waals surface area contributed by atoms with Crippen LogP contribution in [0.5, 0.6) is 0 Å². The van der Waals surface area contributed by atoms with Crippen molar-refractivity contribution in [3.05, 3.63) is 60.2 Å². The second-order valence-electron chi connectivity index (χ2n) is 6.14. The molecule has 0 aliphatic heterocycles. The predicted molar refractivity (Wildman–Crippen MR) is 105 cm³/mol. The van der Waals surface area contributed by atoms with Crippen LogP contribution in [-0.4, -0.2) is 15.7 Å². The maximum absolute atomic E-state index is 10.7. The van der Waals surface area contributed by atoms with Crippen LogP contribution in [0, 0.1) is 0 Å². The molecule has 0 atom stereocenters. The molecule has 0 radical (unpaired) electrons. The second-order valence-corrected chi connectivity index (χ2v) is 7.24. The number of thioether (sulfide) groups is 1. The molecule has 3 aromatic rings. The van der Waals surface area contributed by atoms with Crippen molar-refractivity contribution >= 4 is 22.7 Å². The molecule has 126 valence electrons. The molecule has 0 amide bonds. The van der Waals surface area contributed by atoms with Crippen LogP contribution in [-0.2, 0) is 5.75 Å². The predicted octanol–water partition coefficient (Wildman–Crippen LogP) is 6.36. The fourth-order valence-electron chi connectivity index (χ4n) is 3.13. The van der Waals surface area contributed by atoms with Gasteiger partial charge in [-0.05, 0) is 23.8 Å². The maximum atomic E-state index is 10.7. The van der Waals surface area contributed by atoms with Crippen molar-refractivity contribution in [3.63, 3.8) is 0 Å². The van der Waals surface area contributed by atoms with E-state index >= 15 is 0 Å². The average Bonchev–Trinajstić information content (AvgIpc) is 2.91. The van der Waals surface area contributed by atoms with Crippen LogP contribution in [0.3, 0.4) is 0 Å². The van der Waals surface area contributed by atoms with Crippen LogP contribution >= 0.6 is 11.8 Å². The summed E-state index contributed by atoms with van der Waals surface area (Å²) in [6, 6.07) is 18.3. The molecule has 24 heavy (non-hydrogen) atoms. The lowest BCUT2D eigenvalue weighted by Gasteiger charge is -2.07. The number of hydrogen-bond donors (Lipinski definition) is 1. The Balaban J connectivity index is 1.87. The van der Waals surface area contributed by atoms with Gasteiger partial charge in [0, 0.05) is 16.7 Å². The zero-order valence-corrected chi connectivity index (χ0v) is 15.1. The zero-order chi connectivity index (χ0) is 16.8. The third kappa shape index (κ3) is 3.62. The van der Waals surface area contributed by atoms with Crippen molar-refractivity contribution in [1.29, 1.82) is 0 Å². The molecule has 0 saturated heterocycles. The van der Waals surface area contributed by atoms with E-state index in [2.05, 4.69) is 25.1 Å². The first-order valence-electron chi connectivity index (χ1n) is 8.77. The van der Waals surface area contributed by atoms with Crippen LogP contribution in [0.1, 0.15) is 38.2 Å². The quantitative estimate of drug-likeness (QED) is 0.381. The monoisotopic (exact) mass is 339 g/mol. The van der Waals surface area contributed by atoms with E-state index < -0.39 is 0 Å². The van der Waals surface area contributed by atoms with E-state index in [-0.39, 0.29) is 0 Å². The van der Waals surface area contributed by atoms with Gasteiger partial charge in [0.15, 0.2) is 0 Å². The normalized spacial score (nSPS) is 11.2. The number of fused-ring (bicyclic) bond motifs is 1. The first-order valence-corrected chi connectivity index (χ1v) is 9.93. The standard InChI is InChI=1S/C21H25NOS/c1-2-3-4-10-15-24-16-19-18-13-8-9-14-20(18)22(23)21(19)17-11-6-5-7-12-17/h5-9,11-14,23H,2-4,10,15-16H2,1H3. The lowest BCUT2D eigenvalue weighted by molar-refractivity contribution is 0.204. The van der Waals surface area contributed by atoms with Crippen LogP contribution in [0.2, 0.25) is 0 Å². The average molecular weight is 340 g/mol. The van der Waals surface area contributed by atoms with Gasteiger partial charge in [-0.3, -0.25) is 0 Å². The van der Waals surface area contributed by atoms with Crippen molar-refractivity contribution in [2.75, 3.05) is 5.75 Å². The molecule has 3 heteroatoms. The van der Waals surface area contributed by atoms with E-state index in [4.69, 9.17) is 0 Å². The molecule has 0 saturated carbocycles. The lowest BCUT2D eigenvalue weighted by atomic mass is 10.1. The summed E-state index contributed by atoms with van der Waals surface area (Å²) in [6.07, 6.45) is 5.19. The molecule has 0 aliphatic rings. The van der Waals surface area contributed by atoms with Gasteiger partial charge in [0.1, 0.15) is 0 Å². The lowest BCUT2D eigenvalue weighted by Crippen LogP contribution is -1.95. The van der Waals surface area contributed by atoms with E-state index in [1.807, 2.05) is 48.2 Å². The van der Waals surface area contributed by atoms with Crippen molar-refractivity contribution in [3.8, 4) is 11.3 Å². The highest BCUT2D eigenvalue weighted by Crippen LogP contribution is 2.35. The summed E-state index contributed by atoms with van der Waals surface area (Å²) in [7, 11) is 0. The molecule has 1 aromatic heterocycles. The molecule has 0 fully saturated rings. The Labute approximate surface area is 148 Å². The minimum absolute atomic E-state index is 0.887. The maximum Gasteiger partial charge on any atom is 0.0919 e. The van der Waals surface area contributed by atoms with Gasteiger partial charge in [-0.25, -0.2) is 0 Å². The highest BCUT2D eigenvalue weighted by atomic mass is 32.2. The summed E-state index contributed by atoms with van der Waals surface area (Å²) >= 11 is 1.97. The molecule has 0 aliphatic carbocycles. The van der Waals surface area contributed by atoms with Gasteiger partial charge >= 0.3 is 0 Å². The van der Waals surface area contributed by atoms with Crippen LogP contribution in [0.25, 0.3) is 22.2 Å². The third-order valence-electron chi connectivity index (χ3n) is 4.39. The molecule has 1 heterocycles. The Hall–Kier alpha value is -1.87. The number of para-hydroxylation sites is 1.